The van der Waals surface area contributed by atoms with Crippen LogP contribution in [0, 0.1) is 6.92 Å². The van der Waals surface area contributed by atoms with Gasteiger partial charge in [-0.05, 0) is 44.7 Å². The normalized spacial score (nSPS) is 19.0. The van der Waals surface area contributed by atoms with Gasteiger partial charge in [-0.3, -0.25) is 4.79 Å². The number of benzene rings is 1. The number of nitrogens with one attached hydrogen (secondary N) is 1. The predicted molar refractivity (Wildman–Crippen MR) is 85.8 cm³/mol. The Morgan fingerprint density at radius 3 is 2.64 bits per heavy atom. The van der Waals surface area contributed by atoms with Crippen LogP contribution in [0.1, 0.15) is 44.2 Å². The summed E-state index contributed by atoms with van der Waals surface area (Å²) in [6.07, 6.45) is 6.89. The van der Waals surface area contributed by atoms with Gasteiger partial charge in [0.15, 0.2) is 5.82 Å². The number of para-hydroxylation sites is 1. The van der Waals surface area contributed by atoms with Gasteiger partial charge in [-0.15, -0.1) is 0 Å². The summed E-state index contributed by atoms with van der Waals surface area (Å²) in [5.41, 5.74) is 2.01. The zero-order valence-corrected chi connectivity index (χ0v) is 12.8. The van der Waals surface area contributed by atoms with Gasteiger partial charge in [0, 0.05) is 11.3 Å². The number of hydrogen-bond acceptors (Lipinski definition) is 4. The summed E-state index contributed by atoms with van der Waals surface area (Å²) in [7, 11) is 0. The van der Waals surface area contributed by atoms with Crippen LogP contribution >= 0.6 is 0 Å². The number of hydrogen-bond donors (Lipinski definition) is 1. The second kappa shape index (κ2) is 4.93. The first-order chi connectivity index (χ1) is 10.7. The fraction of sp³-hybridized carbons (Fsp3) is 0.471. The van der Waals surface area contributed by atoms with Gasteiger partial charge in [-0.1, -0.05) is 25.0 Å². The molecular weight excluding hydrogens is 276 g/mol. The summed E-state index contributed by atoms with van der Waals surface area (Å²) in [6.45, 7) is 1.74. The van der Waals surface area contributed by atoms with Crippen molar-refractivity contribution in [2.24, 2.45) is 0 Å². The van der Waals surface area contributed by atoms with Crippen molar-refractivity contribution in [2.75, 3.05) is 5.32 Å². The zero-order valence-electron chi connectivity index (χ0n) is 12.8. The Hall–Kier alpha value is -2.17. The van der Waals surface area contributed by atoms with E-state index in [-0.39, 0.29) is 11.2 Å². The first kappa shape index (κ1) is 13.5. The maximum Gasteiger partial charge on any atom is 0.294 e. The van der Waals surface area contributed by atoms with Crippen LogP contribution < -0.4 is 10.9 Å². The third-order valence-corrected chi connectivity index (χ3v) is 4.84. The molecule has 1 N–H and O–H groups in total. The molecule has 0 amide bonds. The first-order valence-corrected chi connectivity index (χ1v) is 8.06. The number of aromatic nitrogens is 3. The van der Waals surface area contributed by atoms with E-state index >= 15 is 0 Å². The van der Waals surface area contributed by atoms with E-state index in [2.05, 4.69) is 21.5 Å². The summed E-state index contributed by atoms with van der Waals surface area (Å²) >= 11 is 0. The average Bonchev–Trinajstić information content (AvgIpc) is 2.76. The fourth-order valence-corrected chi connectivity index (χ4v) is 3.68. The van der Waals surface area contributed by atoms with Crippen LogP contribution in [0.4, 0.5) is 5.69 Å². The maximum absolute atomic E-state index is 12.0. The Labute approximate surface area is 129 Å². The molecule has 0 radical (unpaired) electrons. The van der Waals surface area contributed by atoms with Gasteiger partial charge in [0.05, 0.1) is 0 Å². The van der Waals surface area contributed by atoms with Crippen LogP contribution in [0.2, 0.25) is 0 Å². The summed E-state index contributed by atoms with van der Waals surface area (Å²) in [6, 6.07) is 8.06. The number of fused-ring (bicyclic) bond motifs is 4. The third kappa shape index (κ3) is 1.95. The third-order valence-electron chi connectivity index (χ3n) is 4.84. The highest BCUT2D eigenvalue weighted by Crippen LogP contribution is 2.42. The van der Waals surface area contributed by atoms with Gasteiger partial charge in [0.1, 0.15) is 11.4 Å². The predicted octanol–water partition coefficient (Wildman–Crippen LogP) is 3.05. The quantitative estimate of drug-likeness (QED) is 0.811. The van der Waals surface area contributed by atoms with Gasteiger partial charge in [-0.25, -0.2) is 4.68 Å². The van der Waals surface area contributed by atoms with Crippen LogP contribution in [0.3, 0.4) is 0 Å². The van der Waals surface area contributed by atoms with Crippen molar-refractivity contribution < 1.29 is 0 Å². The van der Waals surface area contributed by atoms with Gasteiger partial charge >= 0.3 is 0 Å². The van der Waals surface area contributed by atoms with Crippen molar-refractivity contribution >= 4 is 5.69 Å². The molecule has 0 bridgehead atoms. The standard InChI is InChI=1S/C17H20N4O/c1-12-16(22)18-15-13-8-4-5-9-14(13)19-17(21(15)20-12)10-6-2-3-7-11-17/h4-5,8-9,19H,2-3,6-7,10-11H2,1H3. The average molecular weight is 296 g/mol. The Kier molecular flexibility index (Phi) is 3.03. The summed E-state index contributed by atoms with van der Waals surface area (Å²) in [4.78, 5) is 16.4. The number of nitrogens with zero attached hydrogens (tertiary/aromatic N) is 3. The Balaban J connectivity index is 1.99. The van der Waals surface area contributed by atoms with Crippen LogP contribution in [0.25, 0.3) is 11.4 Å². The second-order valence-electron chi connectivity index (χ2n) is 6.35. The maximum atomic E-state index is 12.0. The van der Waals surface area contributed by atoms with Gasteiger partial charge in [0.25, 0.3) is 5.56 Å². The molecular formula is C17H20N4O. The minimum atomic E-state index is -0.244. The molecule has 2 aromatic rings. The van der Waals surface area contributed by atoms with Crippen molar-refractivity contribution in [3.63, 3.8) is 0 Å². The highest BCUT2D eigenvalue weighted by atomic mass is 16.1. The number of aryl methyl sites for hydroxylation is 1. The molecule has 114 valence electrons. The lowest BCUT2D eigenvalue weighted by atomic mass is 9.95. The minimum Gasteiger partial charge on any atom is -0.361 e. The molecule has 4 rings (SSSR count). The molecule has 1 saturated carbocycles. The van der Waals surface area contributed by atoms with Crippen molar-refractivity contribution in [1.29, 1.82) is 0 Å². The topological polar surface area (TPSA) is 59.8 Å². The fourth-order valence-electron chi connectivity index (χ4n) is 3.68. The first-order valence-electron chi connectivity index (χ1n) is 8.06. The number of anilines is 1. The lowest BCUT2D eigenvalue weighted by molar-refractivity contribution is 0.251. The molecule has 22 heavy (non-hydrogen) atoms. The van der Waals surface area contributed by atoms with Crippen molar-refractivity contribution in [3.8, 4) is 11.4 Å². The molecule has 0 atom stereocenters. The molecule has 1 aliphatic carbocycles. The van der Waals surface area contributed by atoms with Crippen molar-refractivity contribution in [1.82, 2.24) is 14.8 Å². The van der Waals surface area contributed by atoms with Crippen LogP contribution in [0.15, 0.2) is 29.1 Å². The molecule has 1 spiro atoms. The van der Waals surface area contributed by atoms with Crippen molar-refractivity contribution in [3.05, 3.63) is 40.3 Å². The molecule has 2 aliphatic rings. The van der Waals surface area contributed by atoms with E-state index in [1.165, 1.54) is 25.7 Å². The molecule has 0 unspecified atom stereocenters. The van der Waals surface area contributed by atoms with Gasteiger partial charge in [-0.2, -0.15) is 10.1 Å². The van der Waals surface area contributed by atoms with E-state index < -0.39 is 0 Å². The molecule has 0 saturated heterocycles. The highest BCUT2D eigenvalue weighted by Gasteiger charge is 2.39. The summed E-state index contributed by atoms with van der Waals surface area (Å²) in [5, 5.41) is 8.32. The number of rotatable bonds is 0. The van der Waals surface area contributed by atoms with E-state index in [4.69, 9.17) is 0 Å². The smallest absolute Gasteiger partial charge is 0.294 e. The highest BCUT2D eigenvalue weighted by molar-refractivity contribution is 5.76. The van der Waals surface area contributed by atoms with E-state index in [1.807, 2.05) is 22.9 Å². The minimum absolute atomic E-state index is 0.230. The molecule has 1 aromatic carbocycles. The Morgan fingerprint density at radius 1 is 1.14 bits per heavy atom. The SMILES string of the molecule is Cc1nn2c(nc1=O)-c1ccccc1NC21CCCCCC1. The second-order valence-corrected chi connectivity index (χ2v) is 6.35. The van der Waals surface area contributed by atoms with E-state index in [0.717, 1.165) is 24.1 Å². The van der Waals surface area contributed by atoms with Gasteiger partial charge in [0.2, 0.25) is 0 Å². The summed E-state index contributed by atoms with van der Waals surface area (Å²) in [5.74, 6) is 0.701. The van der Waals surface area contributed by atoms with E-state index in [1.54, 1.807) is 6.92 Å². The van der Waals surface area contributed by atoms with Crippen LogP contribution in [0.5, 0.6) is 0 Å². The largest absolute Gasteiger partial charge is 0.361 e. The Bertz CT molecular complexity index is 772. The van der Waals surface area contributed by atoms with Crippen LogP contribution in [-0.4, -0.2) is 14.8 Å². The van der Waals surface area contributed by atoms with Gasteiger partial charge < -0.3 is 5.32 Å². The molecule has 1 aliphatic heterocycles. The lowest BCUT2D eigenvalue weighted by Gasteiger charge is -2.41. The molecule has 1 fully saturated rings. The monoisotopic (exact) mass is 296 g/mol. The molecule has 2 heterocycles. The molecule has 1 aromatic heterocycles. The summed E-state index contributed by atoms with van der Waals surface area (Å²) < 4.78 is 1.98. The zero-order chi connectivity index (χ0) is 15.2. The van der Waals surface area contributed by atoms with E-state index in [9.17, 15) is 4.79 Å². The van der Waals surface area contributed by atoms with Crippen molar-refractivity contribution in [2.45, 2.75) is 51.1 Å². The molecule has 5 nitrogen and oxygen atoms in total. The molecule has 5 heteroatoms. The van der Waals surface area contributed by atoms with E-state index in [0.29, 0.717) is 11.5 Å². The van der Waals surface area contributed by atoms with Crippen LogP contribution in [-0.2, 0) is 5.66 Å². The Morgan fingerprint density at radius 2 is 1.86 bits per heavy atom. The lowest BCUT2D eigenvalue weighted by Crippen LogP contribution is -2.47.